The molecule has 0 unspecified atom stereocenters. The molecular formula is C21H24ClN3O. The highest BCUT2D eigenvalue weighted by molar-refractivity contribution is 6.30. The minimum atomic E-state index is -0.388. The zero-order valence-corrected chi connectivity index (χ0v) is 16.2. The average molecular weight is 370 g/mol. The van der Waals surface area contributed by atoms with E-state index < -0.39 is 0 Å². The van der Waals surface area contributed by atoms with Crippen molar-refractivity contribution in [1.82, 2.24) is 14.9 Å². The van der Waals surface area contributed by atoms with Gasteiger partial charge >= 0.3 is 0 Å². The summed E-state index contributed by atoms with van der Waals surface area (Å²) < 4.78 is 2.20. The maximum Gasteiger partial charge on any atom is 0.225 e. The van der Waals surface area contributed by atoms with Crippen LogP contribution in [0.5, 0.6) is 0 Å². The van der Waals surface area contributed by atoms with Gasteiger partial charge in [0.05, 0.1) is 11.0 Å². The van der Waals surface area contributed by atoms with Gasteiger partial charge in [-0.25, -0.2) is 4.98 Å². The molecule has 0 saturated heterocycles. The molecule has 2 aromatic carbocycles. The Morgan fingerprint density at radius 3 is 2.65 bits per heavy atom. The van der Waals surface area contributed by atoms with Crippen LogP contribution in [0.3, 0.4) is 0 Å². The van der Waals surface area contributed by atoms with Gasteiger partial charge < -0.3 is 9.88 Å². The van der Waals surface area contributed by atoms with Crippen molar-refractivity contribution in [2.75, 3.05) is 6.54 Å². The smallest absolute Gasteiger partial charge is 0.225 e. The average Bonchev–Trinajstić information content (AvgIpc) is 2.92. The number of fused-ring (bicyclic) bond motifs is 1. The van der Waals surface area contributed by atoms with Crippen LogP contribution in [0.25, 0.3) is 11.0 Å². The number of hydrogen-bond acceptors (Lipinski definition) is 2. The lowest BCUT2D eigenvalue weighted by Gasteiger charge is -2.17. The lowest BCUT2D eigenvalue weighted by Crippen LogP contribution is -2.36. The molecule has 3 aromatic rings. The number of nitrogens with zero attached hydrogens (tertiary/aromatic N) is 2. The summed E-state index contributed by atoms with van der Waals surface area (Å²) >= 11 is 6.13. The Morgan fingerprint density at radius 1 is 1.15 bits per heavy atom. The monoisotopic (exact) mass is 369 g/mol. The summed E-state index contributed by atoms with van der Waals surface area (Å²) in [5.41, 5.74) is 2.79. The number of imidazole rings is 1. The van der Waals surface area contributed by atoms with E-state index in [4.69, 9.17) is 16.6 Å². The van der Waals surface area contributed by atoms with Gasteiger partial charge in [0, 0.05) is 29.9 Å². The highest BCUT2D eigenvalue weighted by Crippen LogP contribution is 2.20. The van der Waals surface area contributed by atoms with Crippen LogP contribution in [0, 0.1) is 5.41 Å². The fraction of sp³-hybridized carbons (Fsp3) is 0.333. The first-order valence-electron chi connectivity index (χ1n) is 8.81. The van der Waals surface area contributed by atoms with Gasteiger partial charge in [-0.2, -0.15) is 0 Å². The topological polar surface area (TPSA) is 46.9 Å². The Bertz CT molecular complexity index is 924. The quantitative estimate of drug-likeness (QED) is 0.722. The van der Waals surface area contributed by atoms with E-state index in [1.54, 1.807) is 0 Å². The number of carbonyl (C=O) groups is 1. The first kappa shape index (κ1) is 18.5. The van der Waals surface area contributed by atoms with Crippen LogP contribution in [0.1, 0.15) is 32.2 Å². The van der Waals surface area contributed by atoms with E-state index in [0.29, 0.717) is 19.5 Å². The predicted octanol–water partition coefficient (Wildman–Crippen LogP) is 4.44. The molecule has 0 aliphatic carbocycles. The molecule has 0 atom stereocenters. The molecule has 0 fully saturated rings. The molecule has 0 saturated carbocycles. The Kier molecular flexibility index (Phi) is 5.33. The minimum absolute atomic E-state index is 0.0509. The summed E-state index contributed by atoms with van der Waals surface area (Å²) in [6, 6.07) is 16.0. The number of aromatic nitrogens is 2. The van der Waals surface area contributed by atoms with E-state index in [9.17, 15) is 4.79 Å². The van der Waals surface area contributed by atoms with Gasteiger partial charge in [-0.15, -0.1) is 0 Å². The largest absolute Gasteiger partial charge is 0.355 e. The van der Waals surface area contributed by atoms with Crippen LogP contribution in [0.15, 0.2) is 48.5 Å². The predicted molar refractivity (Wildman–Crippen MR) is 106 cm³/mol. The molecule has 0 radical (unpaired) electrons. The second-order valence-electron chi connectivity index (χ2n) is 7.49. The number of halogens is 1. The zero-order valence-electron chi connectivity index (χ0n) is 15.4. The summed E-state index contributed by atoms with van der Waals surface area (Å²) in [5, 5.41) is 3.73. The van der Waals surface area contributed by atoms with Crippen molar-refractivity contribution in [2.24, 2.45) is 5.41 Å². The highest BCUT2D eigenvalue weighted by Gasteiger charge is 2.20. The van der Waals surface area contributed by atoms with Crippen molar-refractivity contribution in [3.05, 3.63) is 64.9 Å². The number of amides is 1. The van der Waals surface area contributed by atoms with Crippen molar-refractivity contribution >= 4 is 28.5 Å². The maximum absolute atomic E-state index is 12.1. The lowest BCUT2D eigenvalue weighted by molar-refractivity contribution is -0.128. The molecule has 26 heavy (non-hydrogen) atoms. The van der Waals surface area contributed by atoms with Crippen molar-refractivity contribution in [3.8, 4) is 0 Å². The number of nitrogens with one attached hydrogen (secondary N) is 1. The van der Waals surface area contributed by atoms with Crippen molar-refractivity contribution < 1.29 is 4.79 Å². The first-order chi connectivity index (χ1) is 12.3. The van der Waals surface area contributed by atoms with Crippen LogP contribution in [0.2, 0.25) is 5.02 Å². The molecule has 0 spiro atoms. The SMILES string of the molecule is CC(C)(C)C(=O)NCCc1nc2ccccc2n1Cc1cccc(Cl)c1. The summed E-state index contributed by atoms with van der Waals surface area (Å²) in [6.07, 6.45) is 0.678. The number of hydrogen-bond donors (Lipinski definition) is 1. The van der Waals surface area contributed by atoms with E-state index in [-0.39, 0.29) is 11.3 Å². The molecule has 0 aliphatic rings. The van der Waals surface area contributed by atoms with Crippen LogP contribution < -0.4 is 5.32 Å². The molecule has 1 amide bonds. The van der Waals surface area contributed by atoms with Crippen LogP contribution in [0.4, 0.5) is 0 Å². The third-order valence-corrected chi connectivity index (χ3v) is 4.51. The third kappa shape index (κ3) is 4.25. The van der Waals surface area contributed by atoms with Crippen LogP contribution in [-0.2, 0) is 17.8 Å². The minimum Gasteiger partial charge on any atom is -0.355 e. The molecule has 3 rings (SSSR count). The van der Waals surface area contributed by atoms with Gasteiger partial charge in [-0.05, 0) is 29.8 Å². The van der Waals surface area contributed by atoms with E-state index in [0.717, 1.165) is 27.4 Å². The summed E-state index contributed by atoms with van der Waals surface area (Å²) in [5.74, 6) is 1.01. The molecule has 0 bridgehead atoms. The molecule has 0 aliphatic heterocycles. The second kappa shape index (κ2) is 7.50. The standard InChI is InChI=1S/C21H24ClN3O/c1-21(2,3)20(26)23-12-11-19-24-17-9-4-5-10-18(17)25(19)14-15-7-6-8-16(22)13-15/h4-10,13H,11-12,14H2,1-3H3,(H,23,26). The molecule has 4 nitrogen and oxygen atoms in total. The molecule has 1 N–H and O–H groups in total. The van der Waals surface area contributed by atoms with E-state index in [2.05, 4.69) is 22.0 Å². The lowest BCUT2D eigenvalue weighted by atomic mass is 9.96. The van der Waals surface area contributed by atoms with Gasteiger partial charge in [-0.1, -0.05) is 56.6 Å². The Morgan fingerprint density at radius 2 is 1.92 bits per heavy atom. The van der Waals surface area contributed by atoms with Gasteiger partial charge in [0.1, 0.15) is 5.82 Å². The van der Waals surface area contributed by atoms with Gasteiger partial charge in [0.2, 0.25) is 5.91 Å². The van der Waals surface area contributed by atoms with Crippen LogP contribution >= 0.6 is 11.6 Å². The second-order valence-corrected chi connectivity index (χ2v) is 7.93. The van der Waals surface area contributed by atoms with Crippen molar-refractivity contribution in [2.45, 2.75) is 33.7 Å². The van der Waals surface area contributed by atoms with E-state index >= 15 is 0 Å². The fourth-order valence-electron chi connectivity index (χ4n) is 2.86. The molecule has 5 heteroatoms. The normalized spacial score (nSPS) is 11.7. The Hall–Kier alpha value is -2.33. The molecule has 136 valence electrons. The summed E-state index contributed by atoms with van der Waals surface area (Å²) in [6.45, 7) is 7.00. The van der Waals surface area contributed by atoms with Crippen molar-refractivity contribution in [1.29, 1.82) is 0 Å². The number of rotatable bonds is 5. The first-order valence-corrected chi connectivity index (χ1v) is 9.19. The Labute approximate surface area is 159 Å². The number of para-hydroxylation sites is 2. The summed E-state index contributed by atoms with van der Waals surface area (Å²) in [7, 11) is 0. The van der Waals surface area contributed by atoms with Gasteiger partial charge in [-0.3, -0.25) is 4.79 Å². The zero-order chi connectivity index (χ0) is 18.7. The number of carbonyl (C=O) groups excluding carboxylic acids is 1. The van der Waals surface area contributed by atoms with Crippen molar-refractivity contribution in [3.63, 3.8) is 0 Å². The van der Waals surface area contributed by atoms with E-state index in [1.165, 1.54) is 0 Å². The number of benzene rings is 2. The molecule has 1 heterocycles. The molecule has 1 aromatic heterocycles. The highest BCUT2D eigenvalue weighted by atomic mass is 35.5. The fourth-order valence-corrected chi connectivity index (χ4v) is 3.08. The summed E-state index contributed by atoms with van der Waals surface area (Å²) in [4.78, 5) is 16.9. The Balaban J connectivity index is 1.84. The third-order valence-electron chi connectivity index (χ3n) is 4.28. The maximum atomic E-state index is 12.1. The van der Waals surface area contributed by atoms with Gasteiger partial charge in [0.25, 0.3) is 0 Å². The van der Waals surface area contributed by atoms with E-state index in [1.807, 2.05) is 57.2 Å². The van der Waals surface area contributed by atoms with Crippen LogP contribution in [-0.4, -0.2) is 22.0 Å². The molecular weight excluding hydrogens is 346 g/mol. The van der Waals surface area contributed by atoms with Gasteiger partial charge in [0.15, 0.2) is 0 Å².